The maximum Gasteiger partial charge on any atom is 0.317 e. The number of carbonyl (C=O) groups excluding carboxylic acids is 1. The molecule has 1 aliphatic rings. The molecule has 2 amide bonds. The Kier molecular flexibility index (Phi) is 6.26. The quantitative estimate of drug-likeness (QED) is 0.746. The van der Waals surface area contributed by atoms with Crippen LogP contribution in [0.1, 0.15) is 39.5 Å². The van der Waals surface area contributed by atoms with Gasteiger partial charge in [-0.25, -0.2) is 4.79 Å². The van der Waals surface area contributed by atoms with E-state index in [4.69, 9.17) is 4.74 Å². The molecule has 116 valence electrons. The molecule has 0 bridgehead atoms. The Morgan fingerprint density at radius 2 is 1.95 bits per heavy atom. The van der Waals surface area contributed by atoms with Crippen LogP contribution < -0.4 is 5.32 Å². The van der Waals surface area contributed by atoms with Crippen LogP contribution in [-0.2, 0) is 9.53 Å². The third-order valence-corrected chi connectivity index (χ3v) is 4.01. The van der Waals surface area contributed by atoms with Gasteiger partial charge in [-0.3, -0.25) is 4.79 Å². The van der Waals surface area contributed by atoms with Gasteiger partial charge < -0.3 is 20.1 Å². The summed E-state index contributed by atoms with van der Waals surface area (Å²) in [4.78, 5) is 25.3. The molecule has 0 aromatic rings. The monoisotopic (exact) mass is 286 g/mol. The summed E-state index contributed by atoms with van der Waals surface area (Å²) in [7, 11) is 1.59. The molecule has 0 aromatic carbocycles. The van der Waals surface area contributed by atoms with Crippen molar-refractivity contribution in [1.82, 2.24) is 10.2 Å². The molecule has 1 saturated carbocycles. The molecule has 0 radical (unpaired) electrons. The van der Waals surface area contributed by atoms with Crippen LogP contribution in [0.5, 0.6) is 0 Å². The molecule has 6 heteroatoms. The number of methoxy groups -OCH3 is 1. The molecule has 0 spiro atoms. The van der Waals surface area contributed by atoms with Crippen molar-refractivity contribution in [1.29, 1.82) is 0 Å². The third-order valence-electron chi connectivity index (χ3n) is 4.01. The van der Waals surface area contributed by atoms with E-state index in [0.29, 0.717) is 26.0 Å². The number of nitrogens with zero attached hydrogens (tertiary/aromatic N) is 1. The van der Waals surface area contributed by atoms with Gasteiger partial charge >= 0.3 is 12.0 Å². The second kappa shape index (κ2) is 7.47. The zero-order valence-electron chi connectivity index (χ0n) is 12.6. The standard InChI is InChI=1S/C14H26N2O4/c1-11(2)16(8-9-20-3)13(19)15-10-14(12(17)18)6-4-5-7-14/h11H,4-10H2,1-3H3,(H,15,19)(H,17,18). The van der Waals surface area contributed by atoms with Gasteiger partial charge in [0.25, 0.3) is 0 Å². The van der Waals surface area contributed by atoms with E-state index in [0.717, 1.165) is 12.8 Å². The van der Waals surface area contributed by atoms with Gasteiger partial charge in [-0.15, -0.1) is 0 Å². The van der Waals surface area contributed by atoms with Crippen LogP contribution in [-0.4, -0.2) is 54.9 Å². The van der Waals surface area contributed by atoms with Crippen LogP contribution in [0.15, 0.2) is 0 Å². The number of carboxylic acid groups (broad SMARTS) is 1. The Morgan fingerprint density at radius 3 is 2.40 bits per heavy atom. The van der Waals surface area contributed by atoms with Gasteiger partial charge in [-0.05, 0) is 26.7 Å². The maximum atomic E-state index is 12.2. The number of urea groups is 1. The number of ether oxygens (including phenoxy) is 1. The summed E-state index contributed by atoms with van der Waals surface area (Å²) in [5.74, 6) is -0.803. The Morgan fingerprint density at radius 1 is 1.35 bits per heavy atom. The zero-order valence-corrected chi connectivity index (χ0v) is 12.6. The molecule has 0 aliphatic heterocycles. The SMILES string of the molecule is COCCN(C(=O)NCC1(C(=O)O)CCCC1)C(C)C. The van der Waals surface area contributed by atoms with Gasteiger partial charge in [0.05, 0.1) is 12.0 Å². The predicted octanol–water partition coefficient (Wildman–Crippen LogP) is 1.70. The van der Waals surface area contributed by atoms with Gasteiger partial charge in [0.1, 0.15) is 0 Å². The van der Waals surface area contributed by atoms with Crippen LogP contribution in [0.3, 0.4) is 0 Å². The molecule has 1 aliphatic carbocycles. The first-order valence-corrected chi connectivity index (χ1v) is 7.20. The van der Waals surface area contributed by atoms with E-state index in [2.05, 4.69) is 5.32 Å². The molecule has 6 nitrogen and oxygen atoms in total. The smallest absolute Gasteiger partial charge is 0.317 e. The molecule has 0 heterocycles. The van der Waals surface area contributed by atoms with E-state index in [1.54, 1.807) is 12.0 Å². The normalized spacial score (nSPS) is 17.2. The minimum Gasteiger partial charge on any atom is -0.481 e. The van der Waals surface area contributed by atoms with Crippen LogP contribution in [0.2, 0.25) is 0 Å². The van der Waals surface area contributed by atoms with Gasteiger partial charge in [0.2, 0.25) is 0 Å². The number of rotatable bonds is 7. The summed E-state index contributed by atoms with van der Waals surface area (Å²) >= 11 is 0. The number of hydrogen-bond acceptors (Lipinski definition) is 3. The number of amides is 2. The number of carboxylic acids is 1. The minimum absolute atomic E-state index is 0.0505. The number of hydrogen-bond donors (Lipinski definition) is 2. The molecule has 2 N–H and O–H groups in total. The van der Waals surface area contributed by atoms with Crippen LogP contribution in [0.4, 0.5) is 4.79 Å². The highest BCUT2D eigenvalue weighted by atomic mass is 16.5. The molecular formula is C14H26N2O4. The number of carbonyl (C=O) groups is 2. The summed E-state index contributed by atoms with van der Waals surface area (Å²) in [6, 6.07) is -0.168. The summed E-state index contributed by atoms with van der Waals surface area (Å²) in [6.45, 7) is 5.03. The lowest BCUT2D eigenvalue weighted by Crippen LogP contribution is -2.49. The van der Waals surface area contributed by atoms with E-state index in [1.165, 1.54) is 0 Å². The fourth-order valence-corrected chi connectivity index (χ4v) is 2.65. The molecule has 0 atom stereocenters. The summed E-state index contributed by atoms with van der Waals surface area (Å²) < 4.78 is 4.99. The highest BCUT2D eigenvalue weighted by molar-refractivity contribution is 5.78. The first-order valence-electron chi connectivity index (χ1n) is 7.20. The maximum absolute atomic E-state index is 12.2. The lowest BCUT2D eigenvalue weighted by molar-refractivity contribution is -0.148. The van der Waals surface area contributed by atoms with Crippen LogP contribution in [0, 0.1) is 5.41 Å². The average Bonchev–Trinajstić information content (AvgIpc) is 2.86. The molecule has 0 aromatic heterocycles. The van der Waals surface area contributed by atoms with Crippen LogP contribution >= 0.6 is 0 Å². The van der Waals surface area contributed by atoms with E-state index >= 15 is 0 Å². The lowest BCUT2D eigenvalue weighted by Gasteiger charge is -2.30. The number of aliphatic carboxylic acids is 1. The molecule has 20 heavy (non-hydrogen) atoms. The summed E-state index contributed by atoms with van der Waals surface area (Å²) in [5.41, 5.74) is -0.778. The van der Waals surface area contributed by atoms with E-state index < -0.39 is 11.4 Å². The van der Waals surface area contributed by atoms with Crippen LogP contribution in [0.25, 0.3) is 0 Å². The average molecular weight is 286 g/mol. The van der Waals surface area contributed by atoms with Crippen molar-refractivity contribution in [3.8, 4) is 0 Å². The Hall–Kier alpha value is -1.30. The largest absolute Gasteiger partial charge is 0.481 e. The van der Waals surface area contributed by atoms with Gasteiger partial charge in [-0.1, -0.05) is 12.8 Å². The van der Waals surface area contributed by atoms with Crippen molar-refractivity contribution < 1.29 is 19.4 Å². The Bertz CT molecular complexity index is 338. The first kappa shape index (κ1) is 16.8. The minimum atomic E-state index is -0.803. The molecule has 1 rings (SSSR count). The van der Waals surface area contributed by atoms with E-state index in [-0.39, 0.29) is 18.6 Å². The highest BCUT2D eigenvalue weighted by Crippen LogP contribution is 2.37. The van der Waals surface area contributed by atoms with Gasteiger partial charge in [0.15, 0.2) is 0 Å². The van der Waals surface area contributed by atoms with Crippen molar-refractivity contribution in [2.24, 2.45) is 5.41 Å². The Balaban J connectivity index is 2.57. The molecule has 0 unspecified atom stereocenters. The molecule has 1 fully saturated rings. The topological polar surface area (TPSA) is 78.9 Å². The fraction of sp³-hybridized carbons (Fsp3) is 0.857. The predicted molar refractivity (Wildman–Crippen MR) is 75.7 cm³/mol. The van der Waals surface area contributed by atoms with Crippen molar-refractivity contribution in [2.45, 2.75) is 45.6 Å². The second-order valence-corrected chi connectivity index (χ2v) is 5.73. The molecule has 0 saturated heterocycles. The van der Waals surface area contributed by atoms with E-state index in [9.17, 15) is 14.7 Å². The fourth-order valence-electron chi connectivity index (χ4n) is 2.65. The first-order chi connectivity index (χ1) is 9.43. The van der Waals surface area contributed by atoms with Crippen molar-refractivity contribution in [3.63, 3.8) is 0 Å². The van der Waals surface area contributed by atoms with Crippen molar-refractivity contribution >= 4 is 12.0 Å². The summed E-state index contributed by atoms with van der Waals surface area (Å²) in [6.07, 6.45) is 3.12. The highest BCUT2D eigenvalue weighted by Gasteiger charge is 2.41. The zero-order chi connectivity index (χ0) is 15.2. The second-order valence-electron chi connectivity index (χ2n) is 5.73. The summed E-state index contributed by atoms with van der Waals surface area (Å²) in [5, 5.41) is 12.2. The lowest BCUT2D eigenvalue weighted by atomic mass is 9.86. The van der Waals surface area contributed by atoms with Gasteiger partial charge in [0, 0.05) is 26.2 Å². The third kappa shape index (κ3) is 4.10. The Labute approximate surface area is 120 Å². The van der Waals surface area contributed by atoms with Crippen molar-refractivity contribution in [2.75, 3.05) is 26.8 Å². The van der Waals surface area contributed by atoms with E-state index in [1.807, 2.05) is 13.8 Å². The molecular weight excluding hydrogens is 260 g/mol. The number of nitrogens with one attached hydrogen (secondary N) is 1. The van der Waals surface area contributed by atoms with Gasteiger partial charge in [-0.2, -0.15) is 0 Å². The van der Waals surface area contributed by atoms with Crippen molar-refractivity contribution in [3.05, 3.63) is 0 Å².